The average molecular weight is 463 g/mol. The lowest BCUT2D eigenvalue weighted by Crippen LogP contribution is -2.18. The summed E-state index contributed by atoms with van der Waals surface area (Å²) in [6, 6.07) is 28.7. The number of methoxy groups -OCH3 is 1. The second-order valence-electron chi connectivity index (χ2n) is 7.67. The number of hydrazone groups is 1. The third kappa shape index (κ3) is 4.86. The fraction of sp³-hybridized carbons (Fsp3) is 0.0370. The normalized spacial score (nSPS) is 11.0. The highest BCUT2D eigenvalue weighted by atomic mass is 16.5. The van der Waals surface area contributed by atoms with Gasteiger partial charge < -0.3 is 4.74 Å². The molecule has 3 aromatic carbocycles. The van der Waals surface area contributed by atoms with Gasteiger partial charge in [-0.15, -0.1) is 0 Å². The monoisotopic (exact) mass is 462 g/mol. The molecule has 0 bridgehead atoms. The average Bonchev–Trinajstić information content (AvgIpc) is 3.58. The van der Waals surface area contributed by atoms with Gasteiger partial charge in [-0.2, -0.15) is 15.3 Å². The highest BCUT2D eigenvalue weighted by Crippen LogP contribution is 2.25. The summed E-state index contributed by atoms with van der Waals surface area (Å²) in [6.45, 7) is 0. The minimum absolute atomic E-state index is 0.316. The zero-order valence-electron chi connectivity index (χ0n) is 18.9. The first kappa shape index (κ1) is 21.8. The predicted molar refractivity (Wildman–Crippen MR) is 135 cm³/mol. The summed E-state index contributed by atoms with van der Waals surface area (Å²) in [4.78, 5) is 12.6. The van der Waals surface area contributed by atoms with Crippen LogP contribution in [0.4, 0.5) is 0 Å². The second kappa shape index (κ2) is 9.88. The molecule has 0 spiro atoms. The fourth-order valence-electron chi connectivity index (χ4n) is 3.58. The summed E-state index contributed by atoms with van der Waals surface area (Å²) in [5.74, 6) is 0.366. The van der Waals surface area contributed by atoms with Gasteiger partial charge in [0.2, 0.25) is 0 Å². The summed E-state index contributed by atoms with van der Waals surface area (Å²) < 4.78 is 7.05. The standard InChI is InChI=1S/C27H22N6O2/c1-35-23-14-12-20(13-15-23)26-21(18-33(32-26)22-10-6-3-7-11-22)17-28-31-27(34)25-16-24(29-30-25)19-8-4-2-5-9-19/h2-18H,1H3,(H,29,30)(H,31,34). The van der Waals surface area contributed by atoms with Gasteiger partial charge in [0.05, 0.1) is 24.7 Å². The van der Waals surface area contributed by atoms with Crippen LogP contribution >= 0.6 is 0 Å². The number of amides is 1. The largest absolute Gasteiger partial charge is 0.497 e. The number of carbonyl (C=O) groups excluding carboxylic acids is 1. The SMILES string of the molecule is COc1ccc(-c2nn(-c3ccccc3)cc2C=NNC(=O)c2cc(-c3ccccc3)n[nH]2)cc1. The van der Waals surface area contributed by atoms with Crippen molar-refractivity contribution in [1.82, 2.24) is 25.4 Å². The number of benzene rings is 3. The number of para-hydroxylation sites is 1. The Morgan fingerprint density at radius 3 is 2.40 bits per heavy atom. The van der Waals surface area contributed by atoms with Gasteiger partial charge in [0.25, 0.3) is 5.91 Å². The summed E-state index contributed by atoms with van der Waals surface area (Å²) in [7, 11) is 1.63. The number of aromatic nitrogens is 4. The molecule has 0 saturated heterocycles. The van der Waals surface area contributed by atoms with E-state index in [-0.39, 0.29) is 0 Å². The maximum atomic E-state index is 12.6. The van der Waals surface area contributed by atoms with Crippen LogP contribution in [0.5, 0.6) is 5.75 Å². The number of nitrogens with zero attached hydrogens (tertiary/aromatic N) is 4. The molecule has 8 nitrogen and oxygen atoms in total. The zero-order chi connectivity index (χ0) is 24.0. The molecule has 0 unspecified atom stereocenters. The van der Waals surface area contributed by atoms with E-state index in [1.54, 1.807) is 24.1 Å². The Kier molecular flexibility index (Phi) is 6.17. The Labute approximate surface area is 201 Å². The minimum atomic E-state index is -0.391. The second-order valence-corrected chi connectivity index (χ2v) is 7.67. The smallest absolute Gasteiger partial charge is 0.289 e. The molecule has 0 aliphatic heterocycles. The molecule has 1 amide bonds. The van der Waals surface area contributed by atoms with E-state index in [9.17, 15) is 4.79 Å². The van der Waals surface area contributed by atoms with E-state index in [1.165, 1.54) is 0 Å². The van der Waals surface area contributed by atoms with Crippen molar-refractivity contribution in [3.05, 3.63) is 108 Å². The van der Waals surface area contributed by atoms with Gasteiger partial charge in [-0.25, -0.2) is 10.1 Å². The number of nitrogens with one attached hydrogen (secondary N) is 2. The topological polar surface area (TPSA) is 97.2 Å². The molecule has 0 saturated carbocycles. The van der Waals surface area contributed by atoms with E-state index >= 15 is 0 Å². The maximum absolute atomic E-state index is 12.6. The van der Waals surface area contributed by atoms with Crippen molar-refractivity contribution in [1.29, 1.82) is 0 Å². The molecule has 5 aromatic rings. The first-order valence-electron chi connectivity index (χ1n) is 10.9. The van der Waals surface area contributed by atoms with Gasteiger partial charge in [-0.1, -0.05) is 48.5 Å². The Morgan fingerprint density at radius 2 is 1.69 bits per heavy atom. The van der Waals surface area contributed by atoms with Crippen molar-refractivity contribution in [2.45, 2.75) is 0 Å². The van der Waals surface area contributed by atoms with Crippen LogP contribution in [0.3, 0.4) is 0 Å². The molecule has 2 aromatic heterocycles. The number of hydrogen-bond donors (Lipinski definition) is 2. The first-order valence-corrected chi connectivity index (χ1v) is 10.9. The van der Waals surface area contributed by atoms with Crippen LogP contribution in [0.25, 0.3) is 28.2 Å². The number of rotatable bonds is 7. The van der Waals surface area contributed by atoms with Crippen LogP contribution in [0.2, 0.25) is 0 Å². The highest BCUT2D eigenvalue weighted by molar-refractivity contribution is 5.95. The predicted octanol–water partition coefficient (Wildman–Crippen LogP) is 4.70. The van der Waals surface area contributed by atoms with E-state index in [1.807, 2.05) is 91.1 Å². The number of ether oxygens (including phenoxy) is 1. The van der Waals surface area contributed by atoms with Crippen LogP contribution < -0.4 is 10.2 Å². The van der Waals surface area contributed by atoms with Crippen molar-refractivity contribution in [3.63, 3.8) is 0 Å². The molecule has 5 rings (SSSR count). The Balaban J connectivity index is 1.38. The van der Waals surface area contributed by atoms with Crippen LogP contribution in [0.1, 0.15) is 16.1 Å². The van der Waals surface area contributed by atoms with Crippen molar-refractivity contribution in [2.24, 2.45) is 5.10 Å². The molecule has 0 fully saturated rings. The van der Waals surface area contributed by atoms with Gasteiger partial charge in [0.15, 0.2) is 0 Å². The van der Waals surface area contributed by atoms with E-state index in [4.69, 9.17) is 9.84 Å². The number of carbonyl (C=O) groups is 1. The summed E-state index contributed by atoms with van der Waals surface area (Å²) in [5, 5.41) is 15.9. The molecular formula is C27H22N6O2. The molecule has 8 heteroatoms. The third-order valence-electron chi connectivity index (χ3n) is 5.39. The van der Waals surface area contributed by atoms with E-state index in [0.717, 1.165) is 33.8 Å². The lowest BCUT2D eigenvalue weighted by Gasteiger charge is -2.02. The van der Waals surface area contributed by atoms with Crippen molar-refractivity contribution in [2.75, 3.05) is 7.11 Å². The van der Waals surface area contributed by atoms with Gasteiger partial charge in [0.1, 0.15) is 17.1 Å². The first-order chi connectivity index (χ1) is 17.2. The Hall–Kier alpha value is -4.98. The van der Waals surface area contributed by atoms with E-state index in [2.05, 4.69) is 20.7 Å². The van der Waals surface area contributed by atoms with Crippen LogP contribution in [-0.4, -0.2) is 39.2 Å². The van der Waals surface area contributed by atoms with Crippen molar-refractivity contribution in [3.8, 4) is 34.0 Å². The van der Waals surface area contributed by atoms with Gasteiger partial charge in [0, 0.05) is 22.9 Å². The van der Waals surface area contributed by atoms with Gasteiger partial charge in [-0.05, 0) is 42.5 Å². The molecule has 0 aliphatic rings. The van der Waals surface area contributed by atoms with Gasteiger partial charge >= 0.3 is 0 Å². The summed E-state index contributed by atoms with van der Waals surface area (Å²) >= 11 is 0. The van der Waals surface area contributed by atoms with Crippen LogP contribution in [0, 0.1) is 0 Å². The minimum Gasteiger partial charge on any atom is -0.497 e. The molecular weight excluding hydrogens is 440 g/mol. The summed E-state index contributed by atoms with van der Waals surface area (Å²) in [6.07, 6.45) is 3.45. The number of H-pyrrole nitrogens is 1. The highest BCUT2D eigenvalue weighted by Gasteiger charge is 2.13. The number of aromatic amines is 1. The van der Waals surface area contributed by atoms with Crippen LogP contribution in [0.15, 0.2) is 102 Å². The maximum Gasteiger partial charge on any atom is 0.289 e. The quantitative estimate of drug-likeness (QED) is 0.271. The zero-order valence-corrected chi connectivity index (χ0v) is 18.9. The number of hydrogen-bond acceptors (Lipinski definition) is 5. The molecule has 2 N–H and O–H groups in total. The fourth-order valence-corrected chi connectivity index (χ4v) is 3.58. The molecule has 172 valence electrons. The van der Waals surface area contributed by atoms with Crippen molar-refractivity contribution >= 4 is 12.1 Å². The van der Waals surface area contributed by atoms with E-state index < -0.39 is 5.91 Å². The Bertz CT molecular complexity index is 1450. The molecule has 0 atom stereocenters. The molecule has 0 aliphatic carbocycles. The third-order valence-corrected chi connectivity index (χ3v) is 5.39. The lowest BCUT2D eigenvalue weighted by atomic mass is 10.1. The van der Waals surface area contributed by atoms with Gasteiger partial charge in [-0.3, -0.25) is 9.89 Å². The summed E-state index contributed by atoms with van der Waals surface area (Å²) in [5.41, 5.74) is 7.76. The Morgan fingerprint density at radius 1 is 0.971 bits per heavy atom. The molecule has 0 radical (unpaired) electrons. The lowest BCUT2D eigenvalue weighted by molar-refractivity contribution is 0.0950. The molecule has 35 heavy (non-hydrogen) atoms. The van der Waals surface area contributed by atoms with E-state index in [0.29, 0.717) is 11.4 Å². The van der Waals surface area contributed by atoms with Crippen LogP contribution in [-0.2, 0) is 0 Å². The molecule has 2 heterocycles. The van der Waals surface area contributed by atoms with Crippen molar-refractivity contribution < 1.29 is 9.53 Å².